The Morgan fingerprint density at radius 3 is 2.52 bits per heavy atom. The van der Waals surface area contributed by atoms with Gasteiger partial charge < -0.3 is 15.0 Å². The second kappa shape index (κ2) is 7.08. The maximum atomic E-state index is 13.2. The van der Waals surface area contributed by atoms with Gasteiger partial charge in [-0.25, -0.2) is 9.18 Å². The summed E-state index contributed by atoms with van der Waals surface area (Å²) >= 11 is 5.46. The number of carbonyl (C=O) groups is 1. The molecule has 6 heteroatoms. The van der Waals surface area contributed by atoms with Gasteiger partial charge in [-0.15, -0.1) is 0 Å². The van der Waals surface area contributed by atoms with Gasteiger partial charge in [0, 0.05) is 12.2 Å². The van der Waals surface area contributed by atoms with Gasteiger partial charge in [-0.2, -0.15) is 0 Å². The highest BCUT2D eigenvalue weighted by Gasteiger charge is 2.34. The number of rotatable bonds is 4. The second-order valence-corrected chi connectivity index (χ2v) is 6.32. The van der Waals surface area contributed by atoms with E-state index in [1.165, 1.54) is 19.2 Å². The van der Waals surface area contributed by atoms with E-state index in [0.717, 1.165) is 11.3 Å². The fourth-order valence-electron chi connectivity index (χ4n) is 2.65. The van der Waals surface area contributed by atoms with Crippen molar-refractivity contribution in [1.82, 2.24) is 10.2 Å². The molecule has 1 aliphatic heterocycles. The highest BCUT2D eigenvalue weighted by molar-refractivity contribution is 7.80. The molecule has 0 radical (unpaired) electrons. The van der Waals surface area contributed by atoms with Gasteiger partial charge in [0.1, 0.15) is 5.82 Å². The topological polar surface area (TPSA) is 41.6 Å². The number of benzene rings is 1. The fraction of sp³-hybridized carbons (Fsp3) is 0.412. The van der Waals surface area contributed by atoms with E-state index in [0.29, 0.717) is 23.1 Å². The minimum absolute atomic E-state index is 0.325. The number of ether oxygens (including phenoxy) is 1. The molecule has 2 rings (SSSR count). The van der Waals surface area contributed by atoms with E-state index in [4.69, 9.17) is 17.0 Å². The van der Waals surface area contributed by atoms with Crippen molar-refractivity contribution in [2.45, 2.75) is 26.8 Å². The van der Waals surface area contributed by atoms with Gasteiger partial charge in [-0.3, -0.25) is 0 Å². The summed E-state index contributed by atoms with van der Waals surface area (Å²) in [5, 5.41) is 3.73. The summed E-state index contributed by atoms with van der Waals surface area (Å²) in [7, 11) is 1.35. The van der Waals surface area contributed by atoms with E-state index in [-0.39, 0.29) is 5.82 Å². The Bertz CT molecular complexity index is 640. The van der Waals surface area contributed by atoms with Gasteiger partial charge in [0.2, 0.25) is 0 Å². The van der Waals surface area contributed by atoms with Crippen molar-refractivity contribution < 1.29 is 13.9 Å². The first-order valence-electron chi connectivity index (χ1n) is 7.47. The van der Waals surface area contributed by atoms with Crippen molar-refractivity contribution in [1.29, 1.82) is 0 Å². The van der Waals surface area contributed by atoms with Crippen LogP contribution in [0.25, 0.3) is 0 Å². The molecule has 0 fully saturated rings. The van der Waals surface area contributed by atoms with Crippen LogP contribution in [-0.2, 0) is 9.53 Å². The highest BCUT2D eigenvalue weighted by atomic mass is 32.1. The lowest BCUT2D eigenvalue weighted by molar-refractivity contribution is -0.136. The van der Waals surface area contributed by atoms with Crippen LogP contribution in [0.15, 0.2) is 35.5 Å². The zero-order valence-corrected chi connectivity index (χ0v) is 14.5. The van der Waals surface area contributed by atoms with E-state index in [2.05, 4.69) is 19.2 Å². The SMILES string of the molecule is COC(=O)C1=C(C)N(CC(C)C)C(=S)NC1c1ccc(F)cc1. The first kappa shape index (κ1) is 17.4. The summed E-state index contributed by atoms with van der Waals surface area (Å²) in [6.45, 7) is 6.73. The van der Waals surface area contributed by atoms with Gasteiger partial charge in [0.25, 0.3) is 0 Å². The van der Waals surface area contributed by atoms with Crippen LogP contribution in [0.5, 0.6) is 0 Å². The van der Waals surface area contributed by atoms with Gasteiger partial charge in [-0.1, -0.05) is 26.0 Å². The Morgan fingerprint density at radius 2 is 2.00 bits per heavy atom. The molecule has 0 aromatic heterocycles. The molecule has 1 N–H and O–H groups in total. The van der Waals surface area contributed by atoms with Crippen molar-refractivity contribution >= 4 is 23.3 Å². The van der Waals surface area contributed by atoms with E-state index < -0.39 is 12.0 Å². The van der Waals surface area contributed by atoms with E-state index in [1.807, 2.05) is 11.8 Å². The lowest BCUT2D eigenvalue weighted by atomic mass is 9.94. The number of carbonyl (C=O) groups excluding carboxylic acids is 1. The van der Waals surface area contributed by atoms with Crippen LogP contribution in [0, 0.1) is 11.7 Å². The minimum Gasteiger partial charge on any atom is -0.466 e. The standard InChI is InChI=1S/C17H21FN2O2S/c1-10(2)9-20-11(3)14(16(21)22-4)15(19-17(20)23)12-5-7-13(18)8-6-12/h5-8,10,15H,9H2,1-4H3,(H,19,23). The lowest BCUT2D eigenvalue weighted by Gasteiger charge is -2.38. The molecule has 0 saturated heterocycles. The smallest absolute Gasteiger partial charge is 0.337 e. The summed E-state index contributed by atoms with van der Waals surface area (Å²) in [5.74, 6) is -0.361. The number of thiocarbonyl (C=S) groups is 1. The summed E-state index contributed by atoms with van der Waals surface area (Å²) < 4.78 is 18.1. The summed E-state index contributed by atoms with van der Waals surface area (Å²) in [6, 6.07) is 5.57. The molecule has 124 valence electrons. The predicted octanol–water partition coefficient (Wildman–Crippen LogP) is 3.16. The number of nitrogens with zero attached hydrogens (tertiary/aromatic N) is 1. The molecule has 23 heavy (non-hydrogen) atoms. The van der Waals surface area contributed by atoms with E-state index in [9.17, 15) is 9.18 Å². The van der Waals surface area contributed by atoms with Crippen LogP contribution in [0.1, 0.15) is 32.4 Å². The predicted molar refractivity (Wildman–Crippen MR) is 91.1 cm³/mol. The number of hydrogen-bond donors (Lipinski definition) is 1. The Labute approximate surface area is 141 Å². The Hall–Kier alpha value is -1.95. The fourth-order valence-corrected chi connectivity index (χ4v) is 2.98. The molecule has 0 aliphatic carbocycles. The first-order chi connectivity index (χ1) is 10.8. The molecule has 0 bridgehead atoms. The molecule has 1 aromatic rings. The number of hydrogen-bond acceptors (Lipinski definition) is 3. The average molecular weight is 336 g/mol. The van der Waals surface area contributed by atoms with Crippen LogP contribution in [-0.4, -0.2) is 29.6 Å². The zero-order chi connectivity index (χ0) is 17.1. The number of halogens is 1. The highest BCUT2D eigenvalue weighted by Crippen LogP contribution is 2.31. The zero-order valence-electron chi connectivity index (χ0n) is 13.7. The van der Waals surface area contributed by atoms with Crippen LogP contribution in [0.2, 0.25) is 0 Å². The van der Waals surface area contributed by atoms with Crippen molar-refractivity contribution in [2.75, 3.05) is 13.7 Å². The van der Waals surface area contributed by atoms with Crippen LogP contribution < -0.4 is 5.32 Å². The van der Waals surface area contributed by atoms with Gasteiger partial charge in [0.05, 0.1) is 18.7 Å². The van der Waals surface area contributed by atoms with Gasteiger partial charge in [0.15, 0.2) is 5.11 Å². The Morgan fingerprint density at radius 1 is 1.39 bits per heavy atom. The van der Waals surface area contributed by atoms with E-state index >= 15 is 0 Å². The minimum atomic E-state index is -0.445. The van der Waals surface area contributed by atoms with Gasteiger partial charge >= 0.3 is 5.97 Å². The van der Waals surface area contributed by atoms with Crippen molar-refractivity contribution in [3.05, 3.63) is 46.9 Å². The molecule has 1 aromatic carbocycles. The van der Waals surface area contributed by atoms with Crippen LogP contribution >= 0.6 is 12.2 Å². The maximum Gasteiger partial charge on any atom is 0.337 e. The molecule has 1 unspecified atom stereocenters. The van der Waals surface area contributed by atoms with Crippen LogP contribution in [0.4, 0.5) is 4.39 Å². The molecule has 0 saturated carbocycles. The molecule has 0 spiro atoms. The third kappa shape index (κ3) is 3.69. The Balaban J connectivity index is 2.50. The molecular formula is C17H21FN2O2S. The van der Waals surface area contributed by atoms with Crippen molar-refractivity contribution in [2.24, 2.45) is 5.92 Å². The molecular weight excluding hydrogens is 315 g/mol. The lowest BCUT2D eigenvalue weighted by Crippen LogP contribution is -2.48. The first-order valence-corrected chi connectivity index (χ1v) is 7.88. The number of allylic oxidation sites excluding steroid dienone is 1. The molecule has 1 atom stereocenters. The maximum absolute atomic E-state index is 13.2. The molecule has 4 nitrogen and oxygen atoms in total. The third-order valence-electron chi connectivity index (χ3n) is 3.75. The summed E-state index contributed by atoms with van der Waals surface area (Å²) in [4.78, 5) is 14.2. The summed E-state index contributed by atoms with van der Waals surface area (Å²) in [5.41, 5.74) is 2.02. The largest absolute Gasteiger partial charge is 0.466 e. The third-order valence-corrected chi connectivity index (χ3v) is 4.09. The molecule has 1 aliphatic rings. The Kier molecular flexibility index (Phi) is 5.36. The molecule has 1 heterocycles. The normalized spacial score (nSPS) is 18.3. The summed E-state index contributed by atoms with van der Waals surface area (Å²) in [6.07, 6.45) is 0. The molecule has 0 amide bonds. The quantitative estimate of drug-likeness (QED) is 0.676. The van der Waals surface area contributed by atoms with Gasteiger partial charge in [-0.05, 0) is 42.8 Å². The number of nitrogens with one attached hydrogen (secondary N) is 1. The van der Waals surface area contributed by atoms with E-state index in [1.54, 1.807) is 12.1 Å². The van der Waals surface area contributed by atoms with Crippen molar-refractivity contribution in [3.63, 3.8) is 0 Å². The number of methoxy groups -OCH3 is 1. The average Bonchev–Trinajstić information content (AvgIpc) is 2.51. The van der Waals surface area contributed by atoms with Crippen molar-refractivity contribution in [3.8, 4) is 0 Å². The number of esters is 1. The monoisotopic (exact) mass is 336 g/mol. The van der Waals surface area contributed by atoms with Crippen LogP contribution in [0.3, 0.4) is 0 Å². The second-order valence-electron chi connectivity index (χ2n) is 5.93.